The van der Waals surface area contributed by atoms with Gasteiger partial charge in [0.25, 0.3) is 0 Å². The second-order valence-corrected chi connectivity index (χ2v) is 13.5. The molecule has 4 aliphatic rings. The summed E-state index contributed by atoms with van der Waals surface area (Å²) in [6.07, 6.45) is 13.1. The normalized spacial score (nSPS) is 30.9. The van der Waals surface area contributed by atoms with E-state index in [1.54, 1.807) is 12.4 Å². The third-order valence-corrected chi connectivity index (χ3v) is 10.1. The summed E-state index contributed by atoms with van der Waals surface area (Å²) in [6.45, 7) is 1.87. The number of carboxylic acids is 1. The number of hydrogen-bond donors (Lipinski definition) is 3. The fourth-order valence-corrected chi connectivity index (χ4v) is 7.25. The number of fused-ring (bicyclic) bond motifs is 3. The van der Waals surface area contributed by atoms with Crippen LogP contribution in [-0.4, -0.2) is 81.5 Å². The number of nitrogens with one attached hydrogen (secondary N) is 2. The van der Waals surface area contributed by atoms with E-state index in [2.05, 4.69) is 20.8 Å². The highest BCUT2D eigenvalue weighted by atomic mass is 16.6. The molecule has 47 heavy (non-hydrogen) atoms. The van der Waals surface area contributed by atoms with Crippen LogP contribution in [0.3, 0.4) is 0 Å². The minimum Gasteiger partial charge on any atom is -0.479 e. The summed E-state index contributed by atoms with van der Waals surface area (Å²) >= 11 is 0. The lowest BCUT2D eigenvalue weighted by Gasteiger charge is -2.30. The van der Waals surface area contributed by atoms with E-state index in [0.29, 0.717) is 12.8 Å². The lowest BCUT2D eigenvalue weighted by atomic mass is 9.99. The number of ether oxygens (including phenoxy) is 1. The number of carboxylic acid groups (broad SMARTS) is 1. The van der Waals surface area contributed by atoms with E-state index in [9.17, 15) is 24.3 Å². The number of hydrogen-bond acceptors (Lipinski definition) is 8. The van der Waals surface area contributed by atoms with Crippen LogP contribution in [0.4, 0.5) is 4.79 Å². The number of benzene rings is 1. The predicted molar refractivity (Wildman–Crippen MR) is 173 cm³/mol. The third kappa shape index (κ3) is 6.96. The molecular weight excluding hydrogens is 602 g/mol. The van der Waals surface area contributed by atoms with Crippen molar-refractivity contribution in [3.05, 3.63) is 54.2 Å². The summed E-state index contributed by atoms with van der Waals surface area (Å²) in [4.78, 5) is 65.2. The number of pyridine rings is 1. The van der Waals surface area contributed by atoms with Gasteiger partial charge in [-0.15, -0.1) is 0 Å². The number of rotatable bonds is 6. The van der Waals surface area contributed by atoms with E-state index in [-0.39, 0.29) is 25.5 Å². The molecule has 3 heterocycles. The summed E-state index contributed by atoms with van der Waals surface area (Å²) in [6, 6.07) is 7.53. The molecule has 3 N–H and O–H groups in total. The van der Waals surface area contributed by atoms with Gasteiger partial charge >= 0.3 is 12.1 Å². The van der Waals surface area contributed by atoms with Gasteiger partial charge in [0.1, 0.15) is 29.8 Å². The van der Waals surface area contributed by atoms with Crippen LogP contribution in [0.1, 0.15) is 83.1 Å². The van der Waals surface area contributed by atoms with Gasteiger partial charge in [-0.1, -0.05) is 55.3 Å². The zero-order valence-electron chi connectivity index (χ0n) is 26.7. The largest absolute Gasteiger partial charge is 0.479 e. The zero-order valence-corrected chi connectivity index (χ0v) is 26.7. The van der Waals surface area contributed by atoms with E-state index in [1.165, 1.54) is 4.90 Å². The number of para-hydroxylation sites is 1. The van der Waals surface area contributed by atoms with Crippen molar-refractivity contribution in [3.8, 4) is 0 Å². The monoisotopic (exact) mass is 645 g/mol. The lowest BCUT2D eigenvalue weighted by Crippen LogP contribution is -2.57. The van der Waals surface area contributed by atoms with Crippen LogP contribution < -0.4 is 10.6 Å². The molecule has 12 nitrogen and oxygen atoms in total. The molecule has 5 atom stereocenters. The van der Waals surface area contributed by atoms with Gasteiger partial charge in [0.05, 0.1) is 18.3 Å². The Kier molecular flexibility index (Phi) is 9.47. The van der Waals surface area contributed by atoms with E-state index < -0.39 is 53.0 Å². The second-order valence-electron chi connectivity index (χ2n) is 13.5. The van der Waals surface area contributed by atoms with E-state index >= 15 is 0 Å². The van der Waals surface area contributed by atoms with Gasteiger partial charge in [-0.3, -0.25) is 14.6 Å². The van der Waals surface area contributed by atoms with Gasteiger partial charge in [-0.2, -0.15) is 0 Å². The minimum absolute atomic E-state index is 0.0401. The second kappa shape index (κ2) is 13.7. The van der Waals surface area contributed by atoms with Crippen molar-refractivity contribution in [2.75, 3.05) is 6.54 Å². The highest BCUT2D eigenvalue weighted by molar-refractivity contribution is 5.98. The molecule has 2 aliphatic carbocycles. The number of nitrogens with zero attached hydrogens (tertiary/aromatic N) is 3. The number of carbonyl (C=O) groups is 4. The third-order valence-electron chi connectivity index (χ3n) is 10.1. The molecule has 3 amide bonds. The van der Waals surface area contributed by atoms with Gasteiger partial charge < -0.3 is 30.2 Å². The number of aromatic nitrogens is 1. The Morgan fingerprint density at radius 3 is 2.68 bits per heavy atom. The Balaban J connectivity index is 1.24. The molecule has 2 saturated carbocycles. The molecular formula is C35H43N5O7. The first-order chi connectivity index (χ1) is 22.7. The standard InChI is InChI=1S/C35H43N5O7/c1-34-17-10-4-2-3-5-15-28(38-33(45)46-24-11-6-7-12-24)31(42)40-21-25(19-29(40)30(41)39-35(34,22-34)32(43)44)47-37-20-23-16-18-36-27-14-9-8-13-26(23)27/h8-10,13-14,16-18,20,24-25,28-29H,2-7,11-12,15,19,21-22H2,1H3,(H,38,45)(H,39,41)(H,43,44)/b17-10-,37-20+/t25-,28+,29+,34-,35-/m1/s1. The molecule has 1 saturated heterocycles. The van der Waals surface area contributed by atoms with Crippen molar-refractivity contribution >= 4 is 41.0 Å². The smallest absolute Gasteiger partial charge is 0.408 e. The summed E-state index contributed by atoms with van der Waals surface area (Å²) < 4.78 is 5.61. The summed E-state index contributed by atoms with van der Waals surface area (Å²) in [7, 11) is 0. The number of carbonyl (C=O) groups excluding carboxylic acids is 3. The number of oxime groups is 1. The van der Waals surface area contributed by atoms with Gasteiger partial charge in [0, 0.05) is 29.0 Å². The van der Waals surface area contributed by atoms with Gasteiger partial charge in [-0.05, 0) is 63.5 Å². The first-order valence-electron chi connectivity index (χ1n) is 16.7. The van der Waals surface area contributed by atoms with E-state index in [4.69, 9.17) is 9.57 Å². The lowest BCUT2D eigenvalue weighted by molar-refractivity contribution is -0.146. The fourth-order valence-electron chi connectivity index (χ4n) is 7.25. The van der Waals surface area contributed by atoms with Crippen molar-refractivity contribution < 1.29 is 33.9 Å². The van der Waals surface area contributed by atoms with Crippen LogP contribution in [0.25, 0.3) is 10.9 Å². The van der Waals surface area contributed by atoms with Crippen molar-refractivity contribution in [2.45, 2.75) is 107 Å². The average molecular weight is 646 g/mol. The Morgan fingerprint density at radius 1 is 1.09 bits per heavy atom. The molecule has 0 spiro atoms. The van der Waals surface area contributed by atoms with Crippen LogP contribution in [0, 0.1) is 5.41 Å². The predicted octanol–water partition coefficient (Wildman–Crippen LogP) is 4.46. The van der Waals surface area contributed by atoms with Gasteiger partial charge in [0.15, 0.2) is 0 Å². The molecule has 6 rings (SSSR count). The number of amides is 3. The number of allylic oxidation sites excluding steroid dienone is 1. The quantitative estimate of drug-likeness (QED) is 0.236. The highest BCUT2D eigenvalue weighted by Gasteiger charge is 2.70. The first-order valence-corrected chi connectivity index (χ1v) is 16.7. The molecule has 3 fully saturated rings. The Morgan fingerprint density at radius 2 is 1.87 bits per heavy atom. The maximum Gasteiger partial charge on any atom is 0.408 e. The Labute approximate surface area is 273 Å². The molecule has 250 valence electrons. The summed E-state index contributed by atoms with van der Waals surface area (Å²) in [5.41, 5.74) is -0.613. The summed E-state index contributed by atoms with van der Waals surface area (Å²) in [5, 5.41) is 20.9. The topological polar surface area (TPSA) is 160 Å². The molecule has 12 heteroatoms. The first kappa shape index (κ1) is 32.5. The Hall–Kier alpha value is -4.48. The zero-order chi connectivity index (χ0) is 33.0. The van der Waals surface area contributed by atoms with Crippen molar-refractivity contribution in [1.29, 1.82) is 0 Å². The molecule has 0 unspecified atom stereocenters. The van der Waals surface area contributed by atoms with Crippen LogP contribution in [0.5, 0.6) is 0 Å². The maximum absolute atomic E-state index is 14.2. The SMILES string of the molecule is C[C@]12/C=C\CCCCC[C@H](NC(=O)OC3CCCC3)C(=O)N3C[C@H](O/N=C/c4ccnc5ccccc45)C[C@H]3C(=O)N[C@@]1(C(=O)O)C2. The average Bonchev–Trinajstić information content (AvgIpc) is 3.40. The number of alkyl carbamates (subject to hydrolysis) is 1. The van der Waals surface area contributed by atoms with Crippen molar-refractivity contribution in [2.24, 2.45) is 10.6 Å². The van der Waals surface area contributed by atoms with Crippen molar-refractivity contribution in [3.63, 3.8) is 0 Å². The summed E-state index contributed by atoms with van der Waals surface area (Å²) in [5.74, 6) is -2.12. The molecule has 1 aromatic carbocycles. The van der Waals surface area contributed by atoms with Gasteiger partial charge in [0.2, 0.25) is 11.8 Å². The van der Waals surface area contributed by atoms with E-state index in [1.807, 2.05) is 49.4 Å². The van der Waals surface area contributed by atoms with Crippen LogP contribution in [0.15, 0.2) is 53.8 Å². The molecule has 0 radical (unpaired) electrons. The molecule has 0 bridgehead atoms. The van der Waals surface area contributed by atoms with Crippen LogP contribution in [0.2, 0.25) is 0 Å². The Bertz CT molecular complexity index is 1570. The van der Waals surface area contributed by atoms with Gasteiger partial charge in [-0.25, -0.2) is 9.59 Å². The molecule has 2 aliphatic heterocycles. The van der Waals surface area contributed by atoms with E-state index in [0.717, 1.165) is 61.4 Å². The number of aliphatic carboxylic acids is 1. The molecule has 1 aromatic heterocycles. The van der Waals surface area contributed by atoms with Crippen LogP contribution >= 0.6 is 0 Å². The van der Waals surface area contributed by atoms with Crippen molar-refractivity contribution in [1.82, 2.24) is 20.5 Å². The van der Waals surface area contributed by atoms with Crippen LogP contribution in [-0.2, 0) is 24.0 Å². The highest BCUT2D eigenvalue weighted by Crippen LogP contribution is 2.57. The fraction of sp³-hybridized carbons (Fsp3) is 0.543. The minimum atomic E-state index is -1.47. The molecule has 2 aromatic rings. The maximum atomic E-state index is 14.2.